The highest BCUT2D eigenvalue weighted by atomic mass is 32.1. The van der Waals surface area contributed by atoms with E-state index in [4.69, 9.17) is 5.73 Å². The van der Waals surface area contributed by atoms with E-state index in [1.807, 2.05) is 6.92 Å². The van der Waals surface area contributed by atoms with Gasteiger partial charge in [0.2, 0.25) is 0 Å². The number of aryl methyl sites for hydroxylation is 1. The van der Waals surface area contributed by atoms with Crippen molar-refractivity contribution in [1.29, 1.82) is 0 Å². The number of hydrogen-bond donors (Lipinski definition) is 1. The molecular weight excluding hydrogens is 168 g/mol. The van der Waals surface area contributed by atoms with E-state index < -0.39 is 0 Å². The zero-order chi connectivity index (χ0) is 8.81. The molecule has 0 radical (unpaired) electrons. The number of nitrogens with zero attached hydrogens (tertiary/aromatic N) is 1. The van der Waals surface area contributed by atoms with E-state index in [9.17, 15) is 0 Å². The molecule has 0 aliphatic rings. The fraction of sp³-hybridized carbons (Fsp3) is 0.444. The molecule has 0 unspecified atom stereocenters. The van der Waals surface area contributed by atoms with E-state index in [1.54, 1.807) is 11.3 Å². The van der Waals surface area contributed by atoms with Crippen molar-refractivity contribution >= 4 is 11.3 Å². The van der Waals surface area contributed by atoms with Gasteiger partial charge in [0.1, 0.15) is 0 Å². The van der Waals surface area contributed by atoms with Crippen LogP contribution in [-0.2, 0) is 6.42 Å². The Morgan fingerprint density at radius 1 is 1.58 bits per heavy atom. The quantitative estimate of drug-likeness (QED) is 0.722. The Kier molecular flexibility index (Phi) is 3.97. The molecule has 0 aliphatic heterocycles. The normalized spacial score (nSPS) is 11.2. The summed E-state index contributed by atoms with van der Waals surface area (Å²) < 4.78 is 0. The summed E-state index contributed by atoms with van der Waals surface area (Å²) in [5.74, 6) is 0. The van der Waals surface area contributed by atoms with Crippen LogP contribution in [0.15, 0.2) is 17.5 Å². The van der Waals surface area contributed by atoms with Crippen molar-refractivity contribution in [3.63, 3.8) is 0 Å². The molecular formula is C9H14N2S. The average Bonchev–Trinajstić information content (AvgIpc) is 2.45. The van der Waals surface area contributed by atoms with Crippen LogP contribution in [0.25, 0.3) is 0 Å². The predicted octanol–water partition coefficient (Wildman–Crippen LogP) is 1.90. The minimum atomic E-state index is 0.729. The third-order valence-corrected chi connectivity index (χ3v) is 2.32. The lowest BCUT2D eigenvalue weighted by Crippen LogP contribution is -1.95. The van der Waals surface area contributed by atoms with Gasteiger partial charge in [-0.3, -0.25) is 0 Å². The van der Waals surface area contributed by atoms with Gasteiger partial charge in [-0.25, -0.2) is 4.98 Å². The fourth-order valence-corrected chi connectivity index (χ4v) is 1.55. The predicted molar refractivity (Wildman–Crippen MR) is 53.4 cm³/mol. The molecule has 3 heteroatoms. The Morgan fingerprint density at radius 3 is 3.00 bits per heavy atom. The maximum atomic E-state index is 5.35. The zero-order valence-corrected chi connectivity index (χ0v) is 8.10. The number of allylic oxidation sites excluding steroid dienone is 1. The molecule has 1 rings (SSSR count). The first-order valence-electron chi connectivity index (χ1n) is 4.09. The highest BCUT2D eigenvalue weighted by molar-refractivity contribution is 7.09. The second-order valence-electron chi connectivity index (χ2n) is 2.61. The van der Waals surface area contributed by atoms with Crippen molar-refractivity contribution in [1.82, 2.24) is 4.98 Å². The zero-order valence-electron chi connectivity index (χ0n) is 7.29. The van der Waals surface area contributed by atoms with Crippen molar-refractivity contribution in [2.45, 2.75) is 19.8 Å². The van der Waals surface area contributed by atoms with Crippen molar-refractivity contribution < 1.29 is 0 Å². The SMILES string of the molecule is Cc1nc(CC=CCCN)cs1. The third kappa shape index (κ3) is 3.15. The molecule has 0 atom stereocenters. The number of aromatic nitrogens is 1. The van der Waals surface area contributed by atoms with E-state index in [2.05, 4.69) is 22.5 Å². The van der Waals surface area contributed by atoms with E-state index in [1.165, 1.54) is 0 Å². The maximum Gasteiger partial charge on any atom is 0.0897 e. The maximum absolute atomic E-state index is 5.35. The van der Waals surface area contributed by atoms with Crippen LogP contribution in [0.1, 0.15) is 17.1 Å². The molecule has 0 bridgehead atoms. The summed E-state index contributed by atoms with van der Waals surface area (Å²) in [4.78, 5) is 4.34. The van der Waals surface area contributed by atoms with Crippen molar-refractivity contribution in [3.8, 4) is 0 Å². The van der Waals surface area contributed by atoms with Crippen LogP contribution < -0.4 is 5.73 Å². The van der Waals surface area contributed by atoms with Crippen LogP contribution in [0.5, 0.6) is 0 Å². The summed E-state index contributed by atoms with van der Waals surface area (Å²) in [6.45, 7) is 2.75. The molecule has 1 aromatic rings. The number of nitrogens with two attached hydrogens (primary N) is 1. The van der Waals surface area contributed by atoms with Crippen LogP contribution in [0.3, 0.4) is 0 Å². The topological polar surface area (TPSA) is 38.9 Å². The summed E-state index contributed by atoms with van der Waals surface area (Å²) in [5, 5.41) is 3.24. The monoisotopic (exact) mass is 182 g/mol. The number of hydrogen-bond acceptors (Lipinski definition) is 3. The Hall–Kier alpha value is -0.670. The molecule has 0 saturated carbocycles. The largest absolute Gasteiger partial charge is 0.330 e. The minimum absolute atomic E-state index is 0.729. The van der Waals surface area contributed by atoms with E-state index in [0.29, 0.717) is 0 Å². The summed E-state index contributed by atoms with van der Waals surface area (Å²) in [6.07, 6.45) is 6.13. The fourth-order valence-electron chi connectivity index (χ4n) is 0.920. The van der Waals surface area contributed by atoms with Gasteiger partial charge in [-0.15, -0.1) is 11.3 Å². The Bertz CT molecular complexity index is 253. The summed E-state index contributed by atoms with van der Waals surface area (Å²) in [6, 6.07) is 0. The number of thiazole rings is 1. The summed E-state index contributed by atoms with van der Waals surface area (Å²) in [7, 11) is 0. The van der Waals surface area contributed by atoms with Crippen LogP contribution in [0.4, 0.5) is 0 Å². The first-order valence-corrected chi connectivity index (χ1v) is 4.97. The average molecular weight is 182 g/mol. The van der Waals surface area contributed by atoms with Crippen LogP contribution in [0.2, 0.25) is 0 Å². The van der Waals surface area contributed by atoms with Crippen LogP contribution >= 0.6 is 11.3 Å². The molecule has 1 aromatic heterocycles. The van der Waals surface area contributed by atoms with Gasteiger partial charge in [0.25, 0.3) is 0 Å². The molecule has 0 aromatic carbocycles. The molecule has 2 N–H and O–H groups in total. The molecule has 66 valence electrons. The van der Waals surface area contributed by atoms with Crippen LogP contribution in [-0.4, -0.2) is 11.5 Å². The second-order valence-corrected chi connectivity index (χ2v) is 3.67. The standard InChI is InChI=1S/C9H14N2S/c1-8-11-9(7-12-8)5-3-2-4-6-10/h2-3,7H,4-6,10H2,1H3. The van der Waals surface area contributed by atoms with Gasteiger partial charge in [0, 0.05) is 11.8 Å². The Morgan fingerprint density at radius 2 is 2.42 bits per heavy atom. The van der Waals surface area contributed by atoms with Crippen LogP contribution in [0, 0.1) is 6.92 Å². The highest BCUT2D eigenvalue weighted by Crippen LogP contribution is 2.08. The minimum Gasteiger partial charge on any atom is -0.330 e. The smallest absolute Gasteiger partial charge is 0.0897 e. The van der Waals surface area contributed by atoms with E-state index in [-0.39, 0.29) is 0 Å². The highest BCUT2D eigenvalue weighted by Gasteiger charge is 1.93. The molecule has 0 aliphatic carbocycles. The van der Waals surface area contributed by atoms with Gasteiger partial charge < -0.3 is 5.73 Å². The van der Waals surface area contributed by atoms with Gasteiger partial charge in [0.05, 0.1) is 10.7 Å². The lowest BCUT2D eigenvalue weighted by molar-refractivity contribution is 0.997. The van der Waals surface area contributed by atoms with Gasteiger partial charge in [-0.05, 0) is 19.9 Å². The molecule has 0 fully saturated rings. The summed E-state index contributed by atoms with van der Waals surface area (Å²) >= 11 is 1.70. The van der Waals surface area contributed by atoms with Gasteiger partial charge >= 0.3 is 0 Å². The Balaban J connectivity index is 2.33. The lowest BCUT2D eigenvalue weighted by atomic mass is 10.3. The molecule has 0 saturated heterocycles. The van der Waals surface area contributed by atoms with E-state index >= 15 is 0 Å². The molecule has 12 heavy (non-hydrogen) atoms. The van der Waals surface area contributed by atoms with Gasteiger partial charge in [-0.2, -0.15) is 0 Å². The van der Waals surface area contributed by atoms with Crippen molar-refractivity contribution in [3.05, 3.63) is 28.2 Å². The molecule has 2 nitrogen and oxygen atoms in total. The molecule has 0 spiro atoms. The van der Waals surface area contributed by atoms with Gasteiger partial charge in [0.15, 0.2) is 0 Å². The van der Waals surface area contributed by atoms with Crippen molar-refractivity contribution in [2.24, 2.45) is 5.73 Å². The Labute approximate surface area is 77.1 Å². The second kappa shape index (κ2) is 5.06. The van der Waals surface area contributed by atoms with Gasteiger partial charge in [-0.1, -0.05) is 12.2 Å². The lowest BCUT2D eigenvalue weighted by Gasteiger charge is -1.87. The number of rotatable bonds is 4. The van der Waals surface area contributed by atoms with Crippen molar-refractivity contribution in [2.75, 3.05) is 6.54 Å². The summed E-state index contributed by atoms with van der Waals surface area (Å²) in [5.41, 5.74) is 6.51. The van der Waals surface area contributed by atoms with E-state index in [0.717, 1.165) is 30.1 Å². The molecule has 1 heterocycles. The first-order chi connectivity index (χ1) is 5.83. The molecule has 0 amide bonds. The third-order valence-electron chi connectivity index (χ3n) is 1.49. The first kappa shape index (κ1) is 9.42.